The molecular weight excluding hydrogens is 276 g/mol. The Hall–Kier alpha value is -2.75. The SMILES string of the molecule is COc1ccc(CNC(=O)c2ccc3[nH]c(C)cc3c2)cc1. The van der Waals surface area contributed by atoms with E-state index in [0.717, 1.165) is 27.9 Å². The second kappa shape index (κ2) is 5.93. The minimum absolute atomic E-state index is 0.0726. The van der Waals surface area contributed by atoms with Crippen molar-refractivity contribution in [1.82, 2.24) is 10.3 Å². The molecule has 0 aliphatic carbocycles. The molecule has 0 bridgehead atoms. The predicted octanol–water partition coefficient (Wildman–Crippen LogP) is 3.41. The Morgan fingerprint density at radius 1 is 1.14 bits per heavy atom. The number of aromatic nitrogens is 1. The van der Waals surface area contributed by atoms with E-state index in [4.69, 9.17) is 4.74 Å². The van der Waals surface area contributed by atoms with Gasteiger partial charge in [0.2, 0.25) is 0 Å². The summed E-state index contributed by atoms with van der Waals surface area (Å²) in [6.45, 7) is 2.50. The number of aryl methyl sites for hydroxylation is 1. The summed E-state index contributed by atoms with van der Waals surface area (Å²) in [6, 6.07) is 15.4. The molecule has 1 aromatic heterocycles. The Kier molecular flexibility index (Phi) is 3.83. The van der Waals surface area contributed by atoms with E-state index in [-0.39, 0.29) is 5.91 Å². The van der Waals surface area contributed by atoms with Crippen LogP contribution in [0.5, 0.6) is 5.75 Å². The average Bonchev–Trinajstić information content (AvgIpc) is 2.92. The fourth-order valence-electron chi connectivity index (χ4n) is 2.45. The van der Waals surface area contributed by atoms with Crippen molar-refractivity contribution < 1.29 is 9.53 Å². The molecule has 1 amide bonds. The van der Waals surface area contributed by atoms with Crippen molar-refractivity contribution in [2.75, 3.05) is 7.11 Å². The van der Waals surface area contributed by atoms with E-state index in [0.29, 0.717) is 12.1 Å². The first-order chi connectivity index (χ1) is 10.7. The lowest BCUT2D eigenvalue weighted by molar-refractivity contribution is 0.0951. The summed E-state index contributed by atoms with van der Waals surface area (Å²) in [6.07, 6.45) is 0. The van der Waals surface area contributed by atoms with Gasteiger partial charge in [-0.2, -0.15) is 0 Å². The predicted molar refractivity (Wildman–Crippen MR) is 87.2 cm³/mol. The summed E-state index contributed by atoms with van der Waals surface area (Å²) in [5, 5.41) is 3.98. The third-order valence-corrected chi connectivity index (χ3v) is 3.63. The monoisotopic (exact) mass is 294 g/mol. The number of H-pyrrole nitrogens is 1. The van der Waals surface area contributed by atoms with E-state index in [9.17, 15) is 4.79 Å². The van der Waals surface area contributed by atoms with Crippen LogP contribution in [0.1, 0.15) is 21.6 Å². The number of methoxy groups -OCH3 is 1. The van der Waals surface area contributed by atoms with Crippen molar-refractivity contribution in [2.24, 2.45) is 0 Å². The summed E-state index contributed by atoms with van der Waals surface area (Å²) in [7, 11) is 1.63. The number of carbonyl (C=O) groups excluding carboxylic acids is 1. The van der Waals surface area contributed by atoms with Gasteiger partial charge in [0, 0.05) is 28.7 Å². The zero-order valence-electron chi connectivity index (χ0n) is 12.6. The molecule has 2 N–H and O–H groups in total. The highest BCUT2D eigenvalue weighted by atomic mass is 16.5. The van der Waals surface area contributed by atoms with Crippen LogP contribution in [0.2, 0.25) is 0 Å². The average molecular weight is 294 g/mol. The van der Waals surface area contributed by atoms with Crippen molar-refractivity contribution in [2.45, 2.75) is 13.5 Å². The summed E-state index contributed by atoms with van der Waals surface area (Å²) in [5.41, 5.74) is 3.84. The lowest BCUT2D eigenvalue weighted by Gasteiger charge is -2.06. The highest BCUT2D eigenvalue weighted by Crippen LogP contribution is 2.17. The Morgan fingerprint density at radius 3 is 2.64 bits per heavy atom. The molecule has 1 heterocycles. The number of amides is 1. The van der Waals surface area contributed by atoms with Crippen LogP contribution in [-0.2, 0) is 6.54 Å². The van der Waals surface area contributed by atoms with E-state index >= 15 is 0 Å². The van der Waals surface area contributed by atoms with Crippen molar-refractivity contribution in [1.29, 1.82) is 0 Å². The molecular formula is C18H18N2O2. The first kappa shape index (κ1) is 14.2. The third kappa shape index (κ3) is 2.96. The number of carbonyl (C=O) groups is 1. The van der Waals surface area contributed by atoms with Crippen LogP contribution in [-0.4, -0.2) is 18.0 Å². The highest BCUT2D eigenvalue weighted by Gasteiger charge is 2.07. The standard InChI is InChI=1S/C18H18N2O2/c1-12-9-15-10-14(5-8-17(15)20-12)18(21)19-11-13-3-6-16(22-2)7-4-13/h3-10,20H,11H2,1-2H3,(H,19,21). The van der Waals surface area contributed by atoms with Gasteiger partial charge in [-0.25, -0.2) is 0 Å². The number of hydrogen-bond acceptors (Lipinski definition) is 2. The Balaban J connectivity index is 1.69. The molecule has 0 saturated carbocycles. The van der Waals surface area contributed by atoms with Gasteiger partial charge in [-0.1, -0.05) is 12.1 Å². The maximum atomic E-state index is 12.2. The van der Waals surface area contributed by atoms with E-state index in [1.807, 2.05) is 55.5 Å². The third-order valence-electron chi connectivity index (χ3n) is 3.63. The van der Waals surface area contributed by atoms with Gasteiger partial charge < -0.3 is 15.0 Å². The molecule has 3 aromatic rings. The van der Waals surface area contributed by atoms with Crippen LogP contribution in [0.4, 0.5) is 0 Å². The van der Waals surface area contributed by atoms with Gasteiger partial charge in [0.15, 0.2) is 0 Å². The molecule has 4 heteroatoms. The summed E-state index contributed by atoms with van der Waals surface area (Å²) in [5.74, 6) is 0.736. The number of hydrogen-bond donors (Lipinski definition) is 2. The van der Waals surface area contributed by atoms with E-state index < -0.39 is 0 Å². The van der Waals surface area contributed by atoms with Crippen molar-refractivity contribution in [3.05, 3.63) is 65.4 Å². The molecule has 0 fully saturated rings. The van der Waals surface area contributed by atoms with Gasteiger partial charge in [0.25, 0.3) is 5.91 Å². The zero-order chi connectivity index (χ0) is 15.5. The molecule has 0 aliphatic heterocycles. The molecule has 4 nitrogen and oxygen atoms in total. The van der Waals surface area contributed by atoms with E-state index in [1.165, 1.54) is 0 Å². The van der Waals surface area contributed by atoms with Gasteiger partial charge in [-0.15, -0.1) is 0 Å². The first-order valence-corrected chi connectivity index (χ1v) is 7.16. The van der Waals surface area contributed by atoms with Gasteiger partial charge in [0.1, 0.15) is 5.75 Å². The minimum atomic E-state index is -0.0726. The lowest BCUT2D eigenvalue weighted by atomic mass is 10.1. The molecule has 0 unspecified atom stereocenters. The van der Waals surface area contributed by atoms with Crippen LogP contribution in [0.15, 0.2) is 48.5 Å². The smallest absolute Gasteiger partial charge is 0.251 e. The summed E-state index contributed by atoms with van der Waals surface area (Å²) in [4.78, 5) is 15.5. The number of nitrogens with one attached hydrogen (secondary N) is 2. The van der Waals surface area contributed by atoms with Crippen LogP contribution in [0, 0.1) is 6.92 Å². The number of aromatic amines is 1. The van der Waals surface area contributed by atoms with Crippen LogP contribution >= 0.6 is 0 Å². The first-order valence-electron chi connectivity index (χ1n) is 7.16. The van der Waals surface area contributed by atoms with Crippen LogP contribution in [0.25, 0.3) is 10.9 Å². The van der Waals surface area contributed by atoms with Gasteiger partial charge in [0.05, 0.1) is 7.11 Å². The molecule has 0 atom stereocenters. The summed E-state index contributed by atoms with van der Waals surface area (Å²) >= 11 is 0. The second-order valence-electron chi connectivity index (χ2n) is 5.29. The normalized spacial score (nSPS) is 10.6. The maximum absolute atomic E-state index is 12.2. The topological polar surface area (TPSA) is 54.1 Å². The molecule has 0 radical (unpaired) electrons. The minimum Gasteiger partial charge on any atom is -0.497 e. The highest BCUT2D eigenvalue weighted by molar-refractivity contribution is 5.98. The number of ether oxygens (including phenoxy) is 1. The van der Waals surface area contributed by atoms with E-state index in [2.05, 4.69) is 10.3 Å². The van der Waals surface area contributed by atoms with Crippen LogP contribution in [0.3, 0.4) is 0 Å². The largest absolute Gasteiger partial charge is 0.497 e. The molecule has 0 aliphatic rings. The molecule has 0 saturated heterocycles. The fraction of sp³-hybridized carbons (Fsp3) is 0.167. The van der Waals surface area contributed by atoms with Gasteiger partial charge in [-0.3, -0.25) is 4.79 Å². The number of benzene rings is 2. The second-order valence-corrected chi connectivity index (χ2v) is 5.29. The quantitative estimate of drug-likeness (QED) is 0.774. The molecule has 112 valence electrons. The van der Waals surface area contributed by atoms with Crippen molar-refractivity contribution >= 4 is 16.8 Å². The number of rotatable bonds is 4. The van der Waals surface area contributed by atoms with Crippen molar-refractivity contribution in [3.63, 3.8) is 0 Å². The fourth-order valence-corrected chi connectivity index (χ4v) is 2.45. The van der Waals surface area contributed by atoms with Crippen molar-refractivity contribution in [3.8, 4) is 5.75 Å². The molecule has 2 aromatic carbocycles. The number of fused-ring (bicyclic) bond motifs is 1. The van der Waals surface area contributed by atoms with E-state index in [1.54, 1.807) is 7.11 Å². The lowest BCUT2D eigenvalue weighted by Crippen LogP contribution is -2.22. The van der Waals surface area contributed by atoms with Gasteiger partial charge in [-0.05, 0) is 48.9 Å². The van der Waals surface area contributed by atoms with Gasteiger partial charge >= 0.3 is 0 Å². The Morgan fingerprint density at radius 2 is 1.91 bits per heavy atom. The maximum Gasteiger partial charge on any atom is 0.251 e. The summed E-state index contributed by atoms with van der Waals surface area (Å²) < 4.78 is 5.12. The Bertz CT molecular complexity index is 804. The molecule has 3 rings (SSSR count). The zero-order valence-corrected chi connectivity index (χ0v) is 12.6. The Labute approximate surface area is 129 Å². The molecule has 22 heavy (non-hydrogen) atoms. The van der Waals surface area contributed by atoms with Crippen LogP contribution < -0.4 is 10.1 Å². The molecule has 0 spiro atoms.